The van der Waals surface area contributed by atoms with Crippen molar-refractivity contribution in [3.63, 3.8) is 0 Å². The van der Waals surface area contributed by atoms with Crippen LogP contribution in [0.15, 0.2) is 0 Å². The van der Waals surface area contributed by atoms with Gasteiger partial charge in [0.15, 0.2) is 23.3 Å². The predicted octanol–water partition coefficient (Wildman–Crippen LogP) is 10.0. The van der Waals surface area contributed by atoms with E-state index in [4.69, 9.17) is 92.8 Å². The Morgan fingerprint density at radius 1 is 0.395 bits per heavy atom. The third-order valence-electron chi connectivity index (χ3n) is 4.91. The summed E-state index contributed by atoms with van der Waals surface area (Å²) in [5, 5.41) is 11.6. The Kier molecular flexibility index (Phi) is 9.18. The SMILES string of the molecule is O=C(O)c1c(Cl)c(Cl)c([C](c2c(F)c(F)c(F)c(F)c2F)c2c(Cl)c(Cl)c(C(=O)O)c(Cl)c2Cl)c(Cl)c1Cl. The maximum Gasteiger partial charge on any atom is 0.338 e. The van der Waals surface area contributed by atoms with E-state index in [0.717, 1.165) is 0 Å². The molecule has 0 aliphatic carbocycles. The lowest BCUT2D eigenvalue weighted by atomic mass is 9.83. The Hall–Kier alpha value is -1.43. The van der Waals surface area contributed by atoms with E-state index in [1.807, 2.05) is 0 Å². The van der Waals surface area contributed by atoms with E-state index in [1.165, 1.54) is 0 Å². The maximum atomic E-state index is 15.1. The van der Waals surface area contributed by atoms with Crippen LogP contribution in [-0.4, -0.2) is 22.2 Å². The second kappa shape index (κ2) is 11.2. The zero-order chi connectivity index (χ0) is 29.1. The Morgan fingerprint density at radius 2 is 0.605 bits per heavy atom. The molecule has 3 aromatic carbocycles. The van der Waals surface area contributed by atoms with E-state index >= 15 is 8.78 Å². The highest BCUT2D eigenvalue weighted by Gasteiger charge is 2.41. The fourth-order valence-electron chi connectivity index (χ4n) is 3.28. The fourth-order valence-corrected chi connectivity index (χ4v) is 5.68. The number of benzene rings is 3. The Balaban J connectivity index is 2.71. The Bertz CT molecular complexity index is 1410. The molecule has 2 N–H and O–H groups in total. The van der Waals surface area contributed by atoms with Gasteiger partial charge in [-0.25, -0.2) is 31.5 Å². The van der Waals surface area contributed by atoms with Crippen molar-refractivity contribution in [2.24, 2.45) is 0 Å². The van der Waals surface area contributed by atoms with Crippen molar-refractivity contribution in [3.05, 3.63) is 103 Å². The molecule has 17 heteroatoms. The van der Waals surface area contributed by atoms with Gasteiger partial charge in [-0.15, -0.1) is 0 Å². The Labute approximate surface area is 248 Å². The molecule has 4 nitrogen and oxygen atoms in total. The van der Waals surface area contributed by atoms with Gasteiger partial charge in [0.25, 0.3) is 0 Å². The van der Waals surface area contributed by atoms with Crippen LogP contribution in [0.2, 0.25) is 40.2 Å². The molecule has 0 aliphatic heterocycles. The van der Waals surface area contributed by atoms with Crippen LogP contribution >= 0.6 is 92.8 Å². The fraction of sp³-hybridized carbons (Fsp3) is 0. The molecule has 201 valence electrons. The third-order valence-corrected chi connectivity index (χ3v) is 8.32. The lowest BCUT2D eigenvalue weighted by Gasteiger charge is -2.26. The molecule has 0 fully saturated rings. The highest BCUT2D eigenvalue weighted by Crippen LogP contribution is 2.54. The van der Waals surface area contributed by atoms with Crippen LogP contribution in [0.5, 0.6) is 0 Å². The van der Waals surface area contributed by atoms with E-state index < -0.39 is 115 Å². The first-order chi connectivity index (χ1) is 17.5. The monoisotopic (exact) mass is 693 g/mol. The summed E-state index contributed by atoms with van der Waals surface area (Å²) in [6.45, 7) is 0. The zero-order valence-corrected chi connectivity index (χ0v) is 23.2. The highest BCUT2D eigenvalue weighted by molar-refractivity contribution is 6.53. The van der Waals surface area contributed by atoms with Crippen LogP contribution in [0.3, 0.4) is 0 Å². The first kappa shape index (κ1) is 31.1. The highest BCUT2D eigenvalue weighted by atomic mass is 35.5. The molecule has 3 rings (SSSR count). The van der Waals surface area contributed by atoms with Gasteiger partial charge in [-0.3, -0.25) is 0 Å². The summed E-state index contributed by atoms with van der Waals surface area (Å²) in [6.07, 6.45) is 0. The molecular weight excluding hydrogens is 695 g/mol. The van der Waals surface area contributed by atoms with Crippen LogP contribution < -0.4 is 0 Å². The van der Waals surface area contributed by atoms with Crippen LogP contribution in [0.1, 0.15) is 37.4 Å². The van der Waals surface area contributed by atoms with Gasteiger partial charge in [0.1, 0.15) is 0 Å². The summed E-state index contributed by atoms with van der Waals surface area (Å²) < 4.78 is 72.7. The first-order valence-electron chi connectivity index (χ1n) is 9.06. The van der Waals surface area contributed by atoms with Crippen molar-refractivity contribution in [3.8, 4) is 0 Å². The molecule has 0 aliphatic rings. The number of hydrogen-bond donors (Lipinski definition) is 2. The van der Waals surface area contributed by atoms with Gasteiger partial charge in [-0.1, -0.05) is 92.8 Å². The normalized spacial score (nSPS) is 11.4. The van der Waals surface area contributed by atoms with Crippen molar-refractivity contribution in [1.29, 1.82) is 0 Å². The van der Waals surface area contributed by atoms with Crippen LogP contribution in [0.25, 0.3) is 0 Å². The minimum Gasteiger partial charge on any atom is -0.478 e. The van der Waals surface area contributed by atoms with Crippen LogP contribution in [0, 0.1) is 35.0 Å². The number of rotatable bonds is 5. The molecule has 3 aromatic rings. The van der Waals surface area contributed by atoms with E-state index in [2.05, 4.69) is 0 Å². The summed E-state index contributed by atoms with van der Waals surface area (Å²) in [5.74, 6) is -17.1. The van der Waals surface area contributed by atoms with E-state index in [0.29, 0.717) is 0 Å². The van der Waals surface area contributed by atoms with Crippen molar-refractivity contribution in [2.75, 3.05) is 0 Å². The quantitative estimate of drug-likeness (QED) is 0.121. The standard InChI is InChI=1S/C21H2Cl8F5O4/c22-7-2(8(23)12(27)5(11(7)26)20(35)36)1(4-15(30)17(32)19(34)18(33)16(4)31)3-9(24)13(28)6(21(37)38)14(29)10(3)25/h(H,35,36)(H,37,38). The number of hydrogen-bond acceptors (Lipinski definition) is 2. The lowest BCUT2D eigenvalue weighted by Crippen LogP contribution is -2.18. The maximum absolute atomic E-state index is 15.1. The summed E-state index contributed by atoms with van der Waals surface area (Å²) >= 11 is 48.8. The van der Waals surface area contributed by atoms with E-state index in [1.54, 1.807) is 0 Å². The number of carboxylic acid groups (broad SMARTS) is 2. The van der Waals surface area contributed by atoms with E-state index in [-0.39, 0.29) is 0 Å². The van der Waals surface area contributed by atoms with Gasteiger partial charge in [-0.2, -0.15) is 0 Å². The summed E-state index contributed by atoms with van der Waals surface area (Å²) in [5.41, 5.74) is -5.37. The number of carboxylic acids is 2. The van der Waals surface area contributed by atoms with Crippen molar-refractivity contribution in [2.45, 2.75) is 0 Å². The smallest absolute Gasteiger partial charge is 0.338 e. The average molecular weight is 697 g/mol. The third kappa shape index (κ3) is 4.75. The van der Waals surface area contributed by atoms with Crippen LogP contribution in [-0.2, 0) is 0 Å². The molecule has 1 radical (unpaired) electrons. The summed E-state index contributed by atoms with van der Waals surface area (Å²) in [4.78, 5) is 23.2. The topological polar surface area (TPSA) is 74.6 Å². The van der Waals surface area contributed by atoms with Gasteiger partial charge >= 0.3 is 11.9 Å². The van der Waals surface area contributed by atoms with E-state index in [9.17, 15) is 33.0 Å². The zero-order valence-electron chi connectivity index (χ0n) is 17.1. The van der Waals surface area contributed by atoms with Gasteiger partial charge in [-0.05, 0) is 0 Å². The molecular formula is C21H2Cl8F5O4. The molecule has 0 unspecified atom stereocenters. The second-order valence-corrected chi connectivity index (χ2v) is 9.97. The van der Waals surface area contributed by atoms with Gasteiger partial charge in [0, 0.05) is 16.7 Å². The van der Waals surface area contributed by atoms with Crippen LogP contribution in [0.4, 0.5) is 22.0 Å². The molecule has 0 saturated heterocycles. The average Bonchev–Trinajstić information content (AvgIpc) is 2.83. The number of carbonyl (C=O) groups is 2. The molecule has 38 heavy (non-hydrogen) atoms. The predicted molar refractivity (Wildman–Crippen MR) is 134 cm³/mol. The molecule has 0 aromatic heterocycles. The van der Waals surface area contributed by atoms with Crippen molar-refractivity contribution in [1.82, 2.24) is 0 Å². The molecule has 0 atom stereocenters. The molecule has 0 spiro atoms. The minimum atomic E-state index is -2.55. The Morgan fingerprint density at radius 3 is 0.842 bits per heavy atom. The summed E-state index contributed by atoms with van der Waals surface area (Å²) in [6, 6.07) is 0. The van der Waals surface area contributed by atoms with Gasteiger partial charge < -0.3 is 10.2 Å². The second-order valence-electron chi connectivity index (χ2n) is 6.94. The molecule has 0 heterocycles. The number of halogens is 13. The van der Waals surface area contributed by atoms with Gasteiger partial charge in [0.2, 0.25) is 5.82 Å². The van der Waals surface area contributed by atoms with Crippen molar-refractivity contribution >= 4 is 105 Å². The number of aromatic carboxylic acids is 2. The molecule has 0 amide bonds. The summed E-state index contributed by atoms with van der Waals surface area (Å²) in [7, 11) is 0. The first-order valence-corrected chi connectivity index (χ1v) is 12.1. The van der Waals surface area contributed by atoms with Crippen molar-refractivity contribution < 1.29 is 41.8 Å². The molecule has 0 saturated carbocycles. The van der Waals surface area contributed by atoms with Gasteiger partial charge in [0.05, 0.1) is 57.2 Å². The lowest BCUT2D eigenvalue weighted by molar-refractivity contribution is 0.0686. The molecule has 0 bridgehead atoms. The largest absolute Gasteiger partial charge is 0.478 e. The minimum absolute atomic E-state index is 0.878.